The van der Waals surface area contributed by atoms with Crippen LogP contribution in [0.15, 0.2) is 28.7 Å². The van der Waals surface area contributed by atoms with Crippen molar-refractivity contribution >= 4 is 55.5 Å². The Bertz CT molecular complexity index is 969. The molecule has 0 saturated heterocycles. The van der Waals surface area contributed by atoms with Gasteiger partial charge in [0.05, 0.1) is 11.1 Å². The van der Waals surface area contributed by atoms with E-state index in [2.05, 4.69) is 53.4 Å². The first-order valence-corrected chi connectivity index (χ1v) is 11.1. The Kier molecular flexibility index (Phi) is 6.23. The standard InChI is InChI=1S/C21H22BrN3OS2/c1-21(2,3)12-8-9-13-15(11-23)19(28-17(13)10-12)25-20(27)24-18(26)14-6-4-5-7-16(14)22/h4-7,12H,8-10H2,1-3H3,(H2,24,25,26,27)/t12-/m1/s1. The summed E-state index contributed by atoms with van der Waals surface area (Å²) in [5.41, 5.74) is 2.54. The number of carbonyl (C=O) groups is 1. The molecule has 4 nitrogen and oxygen atoms in total. The Balaban J connectivity index is 1.75. The van der Waals surface area contributed by atoms with Crippen molar-refractivity contribution < 1.29 is 4.79 Å². The highest BCUT2D eigenvalue weighted by atomic mass is 79.9. The van der Waals surface area contributed by atoms with Gasteiger partial charge in [-0.25, -0.2) is 0 Å². The molecule has 0 spiro atoms. The SMILES string of the molecule is CC(C)(C)[C@@H]1CCc2c(sc(NC(=S)NC(=O)c3ccccc3Br)c2C#N)C1. The topological polar surface area (TPSA) is 64.9 Å². The molecule has 1 aliphatic rings. The Labute approximate surface area is 183 Å². The first-order valence-electron chi connectivity index (χ1n) is 9.12. The summed E-state index contributed by atoms with van der Waals surface area (Å²) in [6, 6.07) is 9.49. The molecule has 0 unspecified atom stereocenters. The fourth-order valence-electron chi connectivity index (χ4n) is 3.48. The fourth-order valence-corrected chi connectivity index (χ4v) is 5.49. The number of nitriles is 1. The molecule has 3 rings (SSSR count). The van der Waals surface area contributed by atoms with E-state index in [0.29, 0.717) is 21.5 Å². The second-order valence-corrected chi connectivity index (χ2v) is 10.4. The quantitative estimate of drug-likeness (QED) is 0.549. The zero-order valence-corrected chi connectivity index (χ0v) is 19.3. The third kappa shape index (κ3) is 4.45. The van der Waals surface area contributed by atoms with Crippen LogP contribution in [0.5, 0.6) is 0 Å². The summed E-state index contributed by atoms with van der Waals surface area (Å²) in [5, 5.41) is 16.4. The van der Waals surface area contributed by atoms with Gasteiger partial charge in [0.2, 0.25) is 0 Å². The number of benzene rings is 1. The van der Waals surface area contributed by atoms with Gasteiger partial charge < -0.3 is 5.32 Å². The molecule has 2 aromatic rings. The number of thiophene rings is 1. The third-order valence-electron chi connectivity index (χ3n) is 5.17. The lowest BCUT2D eigenvalue weighted by Gasteiger charge is -2.33. The minimum absolute atomic E-state index is 0.197. The minimum atomic E-state index is -0.294. The summed E-state index contributed by atoms with van der Waals surface area (Å²) in [5.74, 6) is 0.303. The van der Waals surface area contributed by atoms with Crippen molar-refractivity contribution in [2.75, 3.05) is 5.32 Å². The van der Waals surface area contributed by atoms with Gasteiger partial charge in [-0.05, 0) is 76.4 Å². The number of amides is 1. The molecule has 1 amide bonds. The largest absolute Gasteiger partial charge is 0.323 e. The highest BCUT2D eigenvalue weighted by molar-refractivity contribution is 9.10. The number of hydrogen-bond donors (Lipinski definition) is 2. The van der Waals surface area contributed by atoms with Crippen LogP contribution >= 0.6 is 39.5 Å². The molecule has 1 aliphatic carbocycles. The summed E-state index contributed by atoms with van der Waals surface area (Å²) < 4.78 is 0.702. The van der Waals surface area contributed by atoms with Gasteiger partial charge in [-0.2, -0.15) is 5.26 Å². The predicted octanol–water partition coefficient (Wildman–Crippen LogP) is 5.66. The van der Waals surface area contributed by atoms with Gasteiger partial charge in [-0.15, -0.1) is 11.3 Å². The second-order valence-electron chi connectivity index (χ2n) is 8.01. The summed E-state index contributed by atoms with van der Waals surface area (Å²) >= 11 is 10.3. The average Bonchev–Trinajstić information content (AvgIpc) is 2.97. The molecule has 1 aromatic heterocycles. The van der Waals surface area contributed by atoms with Gasteiger partial charge in [-0.1, -0.05) is 32.9 Å². The molecule has 28 heavy (non-hydrogen) atoms. The van der Waals surface area contributed by atoms with E-state index in [1.807, 2.05) is 6.07 Å². The molecule has 7 heteroatoms. The number of fused-ring (bicyclic) bond motifs is 1. The molecule has 1 heterocycles. The van der Waals surface area contributed by atoms with Gasteiger partial charge in [0, 0.05) is 9.35 Å². The lowest BCUT2D eigenvalue weighted by molar-refractivity contribution is 0.0977. The monoisotopic (exact) mass is 475 g/mol. The Morgan fingerprint density at radius 1 is 1.36 bits per heavy atom. The number of halogens is 1. The van der Waals surface area contributed by atoms with Crippen molar-refractivity contribution in [2.45, 2.75) is 40.0 Å². The lowest BCUT2D eigenvalue weighted by atomic mass is 9.72. The zero-order valence-electron chi connectivity index (χ0n) is 16.1. The summed E-state index contributed by atoms with van der Waals surface area (Å²) in [4.78, 5) is 13.7. The van der Waals surface area contributed by atoms with E-state index < -0.39 is 0 Å². The van der Waals surface area contributed by atoms with Crippen molar-refractivity contribution in [1.29, 1.82) is 5.26 Å². The molecular formula is C21H22BrN3OS2. The molecule has 0 aliphatic heterocycles. The van der Waals surface area contributed by atoms with Crippen LogP contribution in [0, 0.1) is 22.7 Å². The number of carbonyl (C=O) groups excluding carboxylic acids is 1. The smallest absolute Gasteiger partial charge is 0.258 e. The number of anilines is 1. The van der Waals surface area contributed by atoms with E-state index in [-0.39, 0.29) is 16.4 Å². The van der Waals surface area contributed by atoms with Crippen LogP contribution in [0.3, 0.4) is 0 Å². The van der Waals surface area contributed by atoms with Crippen molar-refractivity contribution in [2.24, 2.45) is 11.3 Å². The maximum Gasteiger partial charge on any atom is 0.258 e. The van der Waals surface area contributed by atoms with E-state index in [1.165, 1.54) is 4.88 Å². The van der Waals surface area contributed by atoms with Crippen LogP contribution in [-0.4, -0.2) is 11.0 Å². The summed E-state index contributed by atoms with van der Waals surface area (Å²) in [7, 11) is 0. The zero-order chi connectivity index (χ0) is 20.5. The van der Waals surface area contributed by atoms with Crippen molar-refractivity contribution in [3.8, 4) is 6.07 Å². The third-order valence-corrected chi connectivity index (χ3v) is 7.24. The van der Waals surface area contributed by atoms with E-state index in [1.54, 1.807) is 29.5 Å². The van der Waals surface area contributed by atoms with Crippen LogP contribution in [0.25, 0.3) is 0 Å². The van der Waals surface area contributed by atoms with Crippen molar-refractivity contribution in [1.82, 2.24) is 5.32 Å². The second kappa shape index (κ2) is 8.32. The van der Waals surface area contributed by atoms with Crippen LogP contribution < -0.4 is 10.6 Å². The highest BCUT2D eigenvalue weighted by Crippen LogP contribution is 2.43. The molecule has 146 valence electrons. The number of nitrogens with zero attached hydrogens (tertiary/aromatic N) is 1. The molecule has 1 aromatic carbocycles. The molecule has 0 bridgehead atoms. The van der Waals surface area contributed by atoms with Gasteiger partial charge in [-0.3, -0.25) is 10.1 Å². The van der Waals surface area contributed by atoms with Crippen molar-refractivity contribution in [3.63, 3.8) is 0 Å². The lowest BCUT2D eigenvalue weighted by Crippen LogP contribution is -2.34. The first kappa shape index (κ1) is 21.0. The summed E-state index contributed by atoms with van der Waals surface area (Å²) in [6.07, 6.45) is 2.98. The first-order chi connectivity index (χ1) is 13.2. The van der Waals surface area contributed by atoms with E-state index >= 15 is 0 Å². The predicted molar refractivity (Wildman–Crippen MR) is 122 cm³/mol. The number of nitrogens with one attached hydrogen (secondary N) is 2. The molecule has 0 fully saturated rings. The van der Waals surface area contributed by atoms with E-state index in [9.17, 15) is 10.1 Å². The molecular weight excluding hydrogens is 454 g/mol. The summed E-state index contributed by atoms with van der Waals surface area (Å²) in [6.45, 7) is 6.81. The Morgan fingerprint density at radius 2 is 2.07 bits per heavy atom. The van der Waals surface area contributed by atoms with Gasteiger partial charge in [0.15, 0.2) is 5.11 Å². The van der Waals surface area contributed by atoms with Gasteiger partial charge in [0.1, 0.15) is 11.1 Å². The van der Waals surface area contributed by atoms with Crippen LogP contribution in [0.4, 0.5) is 5.00 Å². The van der Waals surface area contributed by atoms with Crippen molar-refractivity contribution in [3.05, 3.63) is 50.3 Å². The molecule has 0 saturated carbocycles. The van der Waals surface area contributed by atoms with Gasteiger partial charge >= 0.3 is 0 Å². The normalized spacial score (nSPS) is 16.0. The van der Waals surface area contributed by atoms with E-state index in [4.69, 9.17) is 12.2 Å². The maximum absolute atomic E-state index is 12.4. The number of hydrogen-bond acceptors (Lipinski definition) is 4. The number of thiocarbonyl (C=S) groups is 1. The highest BCUT2D eigenvalue weighted by Gasteiger charge is 2.32. The number of rotatable bonds is 2. The van der Waals surface area contributed by atoms with Crippen LogP contribution in [0.2, 0.25) is 0 Å². The van der Waals surface area contributed by atoms with Crippen LogP contribution in [0.1, 0.15) is 53.6 Å². The fraction of sp³-hybridized carbons (Fsp3) is 0.381. The molecule has 1 atom stereocenters. The minimum Gasteiger partial charge on any atom is -0.323 e. The average molecular weight is 476 g/mol. The Morgan fingerprint density at radius 3 is 2.71 bits per heavy atom. The van der Waals surface area contributed by atoms with E-state index in [0.717, 1.165) is 29.8 Å². The van der Waals surface area contributed by atoms with Gasteiger partial charge in [0.25, 0.3) is 5.91 Å². The molecule has 2 N–H and O–H groups in total. The Hall–Kier alpha value is -1.75. The van der Waals surface area contributed by atoms with Crippen LogP contribution in [-0.2, 0) is 12.8 Å². The molecule has 0 radical (unpaired) electrons. The maximum atomic E-state index is 12.4.